The van der Waals surface area contributed by atoms with Crippen LogP contribution in [-0.2, 0) is 21.0 Å². The molecule has 0 saturated carbocycles. The smallest absolute Gasteiger partial charge is 0.371 e. The molecule has 0 fully saturated rings. The lowest BCUT2D eigenvalue weighted by Crippen LogP contribution is -2.16. The molecule has 1 rings (SSSR count). The van der Waals surface area contributed by atoms with E-state index in [0.29, 0.717) is 0 Å². The van der Waals surface area contributed by atoms with Crippen LogP contribution in [0.25, 0.3) is 0 Å². The lowest BCUT2D eigenvalue weighted by molar-refractivity contribution is -0.135. The highest BCUT2D eigenvalue weighted by molar-refractivity contribution is 6.42. The number of ether oxygens (including phenoxy) is 1. The molecule has 0 atom stereocenters. The Balaban J connectivity index is 2.52. The van der Waals surface area contributed by atoms with Crippen molar-refractivity contribution in [1.29, 1.82) is 5.26 Å². The first kappa shape index (κ1) is 12.7. The van der Waals surface area contributed by atoms with Gasteiger partial charge in [-0.15, -0.1) is 0 Å². The van der Waals surface area contributed by atoms with Crippen LogP contribution >= 0.6 is 0 Å². The van der Waals surface area contributed by atoms with Crippen LogP contribution in [0.1, 0.15) is 12.5 Å². The quantitative estimate of drug-likeness (QED) is 0.439. The van der Waals surface area contributed by atoms with E-state index in [2.05, 4.69) is 9.89 Å². The molecule has 1 aromatic carbocycles. The van der Waals surface area contributed by atoms with Gasteiger partial charge in [-0.1, -0.05) is 35.5 Å². The summed E-state index contributed by atoms with van der Waals surface area (Å²) in [5, 5.41) is 12.1. The zero-order valence-electron chi connectivity index (χ0n) is 9.42. The summed E-state index contributed by atoms with van der Waals surface area (Å²) in [4.78, 5) is 16.1. The van der Waals surface area contributed by atoms with Crippen LogP contribution in [0.5, 0.6) is 0 Å². The predicted molar refractivity (Wildman–Crippen MR) is 60.9 cm³/mol. The van der Waals surface area contributed by atoms with Gasteiger partial charge in [-0.3, -0.25) is 0 Å². The van der Waals surface area contributed by atoms with Crippen molar-refractivity contribution in [3.63, 3.8) is 0 Å². The van der Waals surface area contributed by atoms with Crippen molar-refractivity contribution >= 4 is 11.7 Å². The molecule has 5 nitrogen and oxygen atoms in total. The van der Waals surface area contributed by atoms with Gasteiger partial charge in [0, 0.05) is 0 Å². The van der Waals surface area contributed by atoms with Gasteiger partial charge in [0.15, 0.2) is 0 Å². The number of oxime groups is 1. The largest absolute Gasteiger partial charge is 0.461 e. The number of rotatable bonds is 5. The van der Waals surface area contributed by atoms with E-state index in [0.717, 1.165) is 5.56 Å². The number of hydrogen-bond acceptors (Lipinski definition) is 5. The summed E-state index contributed by atoms with van der Waals surface area (Å²) < 4.78 is 4.63. The molecule has 0 unspecified atom stereocenters. The maximum absolute atomic E-state index is 11.2. The second-order valence-corrected chi connectivity index (χ2v) is 3.03. The van der Waals surface area contributed by atoms with Gasteiger partial charge in [0.05, 0.1) is 6.61 Å². The van der Waals surface area contributed by atoms with E-state index in [9.17, 15) is 4.79 Å². The first-order valence-electron chi connectivity index (χ1n) is 5.09. The number of benzene rings is 1. The minimum absolute atomic E-state index is 0.193. The van der Waals surface area contributed by atoms with Crippen LogP contribution in [0.3, 0.4) is 0 Å². The lowest BCUT2D eigenvalue weighted by Gasteiger charge is -2.00. The number of carbonyl (C=O) groups excluding carboxylic acids is 1. The third-order valence-corrected chi connectivity index (χ3v) is 1.80. The second kappa shape index (κ2) is 7.01. The number of nitrogens with zero attached hydrogens (tertiary/aromatic N) is 2. The molecule has 0 saturated heterocycles. The number of hydrogen-bond donors (Lipinski definition) is 0. The highest BCUT2D eigenvalue weighted by atomic mass is 16.6. The fourth-order valence-corrected chi connectivity index (χ4v) is 1.05. The molecule has 0 aliphatic heterocycles. The fourth-order valence-electron chi connectivity index (χ4n) is 1.05. The van der Waals surface area contributed by atoms with E-state index < -0.39 is 5.97 Å². The molecule has 1 aromatic rings. The minimum Gasteiger partial charge on any atom is -0.461 e. The summed E-state index contributed by atoms with van der Waals surface area (Å²) in [5.41, 5.74) is 0.514. The normalized spacial score (nSPS) is 10.5. The maximum atomic E-state index is 11.2. The van der Waals surface area contributed by atoms with Crippen molar-refractivity contribution in [2.24, 2.45) is 5.16 Å². The average Bonchev–Trinajstić information content (AvgIpc) is 2.36. The Labute approximate surface area is 99.3 Å². The molecule has 17 heavy (non-hydrogen) atoms. The van der Waals surface area contributed by atoms with Crippen LogP contribution in [-0.4, -0.2) is 18.3 Å². The van der Waals surface area contributed by atoms with Gasteiger partial charge in [-0.05, 0) is 12.5 Å². The van der Waals surface area contributed by atoms with Crippen molar-refractivity contribution in [3.8, 4) is 6.07 Å². The molecule has 0 spiro atoms. The molecule has 0 aliphatic rings. The number of nitriles is 1. The Morgan fingerprint density at radius 3 is 2.71 bits per heavy atom. The third kappa shape index (κ3) is 4.34. The lowest BCUT2D eigenvalue weighted by atomic mass is 10.2. The summed E-state index contributed by atoms with van der Waals surface area (Å²) in [6, 6.07) is 10.9. The monoisotopic (exact) mass is 232 g/mol. The Hall–Kier alpha value is -2.35. The molecule has 0 aromatic heterocycles. The topological polar surface area (TPSA) is 71.7 Å². The summed E-state index contributed by atoms with van der Waals surface area (Å²) in [6.07, 6.45) is 0. The first-order chi connectivity index (χ1) is 8.27. The van der Waals surface area contributed by atoms with Crippen molar-refractivity contribution in [2.45, 2.75) is 13.5 Å². The van der Waals surface area contributed by atoms with E-state index in [4.69, 9.17) is 10.1 Å². The second-order valence-electron chi connectivity index (χ2n) is 3.03. The van der Waals surface area contributed by atoms with Gasteiger partial charge < -0.3 is 9.57 Å². The van der Waals surface area contributed by atoms with Crippen molar-refractivity contribution in [2.75, 3.05) is 6.61 Å². The van der Waals surface area contributed by atoms with E-state index in [1.54, 1.807) is 13.0 Å². The standard InChI is InChI=1S/C12H12N2O3/c1-2-16-12(15)11(8-13)14-17-9-10-6-4-3-5-7-10/h3-7H,2,9H2,1H3. The Morgan fingerprint density at radius 1 is 1.41 bits per heavy atom. The summed E-state index contributed by atoms with van der Waals surface area (Å²) in [7, 11) is 0. The summed E-state index contributed by atoms with van der Waals surface area (Å²) >= 11 is 0. The Kier molecular flexibility index (Phi) is 5.25. The van der Waals surface area contributed by atoms with Gasteiger partial charge in [0.25, 0.3) is 5.71 Å². The van der Waals surface area contributed by atoms with E-state index in [1.807, 2.05) is 30.3 Å². The molecule has 0 heterocycles. The van der Waals surface area contributed by atoms with Gasteiger partial charge in [0.1, 0.15) is 12.7 Å². The highest BCUT2D eigenvalue weighted by Crippen LogP contribution is 2.00. The summed E-state index contributed by atoms with van der Waals surface area (Å²) in [6.45, 7) is 2.04. The van der Waals surface area contributed by atoms with Gasteiger partial charge in [0.2, 0.25) is 0 Å². The Bertz CT molecular complexity index is 435. The molecule has 0 aliphatic carbocycles. The van der Waals surface area contributed by atoms with Crippen molar-refractivity contribution in [3.05, 3.63) is 35.9 Å². The first-order valence-corrected chi connectivity index (χ1v) is 5.09. The van der Waals surface area contributed by atoms with Crippen LogP contribution in [0.2, 0.25) is 0 Å². The predicted octanol–water partition coefficient (Wildman–Crippen LogP) is 1.65. The Morgan fingerprint density at radius 2 is 2.12 bits per heavy atom. The van der Waals surface area contributed by atoms with E-state index >= 15 is 0 Å². The highest BCUT2D eigenvalue weighted by Gasteiger charge is 2.12. The molecule has 0 N–H and O–H groups in total. The van der Waals surface area contributed by atoms with Gasteiger partial charge in [-0.2, -0.15) is 5.26 Å². The maximum Gasteiger partial charge on any atom is 0.371 e. The molecule has 0 radical (unpaired) electrons. The zero-order chi connectivity index (χ0) is 12.5. The molecular formula is C12H12N2O3. The van der Waals surface area contributed by atoms with Crippen LogP contribution in [0.4, 0.5) is 0 Å². The van der Waals surface area contributed by atoms with Crippen LogP contribution in [0, 0.1) is 11.3 Å². The fraction of sp³-hybridized carbons (Fsp3) is 0.250. The van der Waals surface area contributed by atoms with Crippen LogP contribution < -0.4 is 0 Å². The molecule has 0 amide bonds. The average molecular weight is 232 g/mol. The third-order valence-electron chi connectivity index (χ3n) is 1.80. The molecule has 0 bridgehead atoms. The summed E-state index contributed by atoms with van der Waals surface area (Å²) in [5.74, 6) is -0.775. The molecule has 5 heteroatoms. The zero-order valence-corrected chi connectivity index (χ0v) is 9.42. The van der Waals surface area contributed by atoms with Crippen LogP contribution in [0.15, 0.2) is 35.5 Å². The van der Waals surface area contributed by atoms with Crippen molar-refractivity contribution in [1.82, 2.24) is 0 Å². The SMILES string of the molecule is CCOC(=O)C(C#N)=NOCc1ccccc1. The number of carbonyl (C=O) groups is 1. The molecule has 88 valence electrons. The minimum atomic E-state index is -0.775. The van der Waals surface area contributed by atoms with Gasteiger partial charge >= 0.3 is 5.97 Å². The molecular weight excluding hydrogens is 220 g/mol. The number of esters is 1. The van der Waals surface area contributed by atoms with E-state index in [-0.39, 0.29) is 18.9 Å². The van der Waals surface area contributed by atoms with E-state index in [1.165, 1.54) is 0 Å². The van der Waals surface area contributed by atoms with Gasteiger partial charge in [-0.25, -0.2) is 4.79 Å². The van der Waals surface area contributed by atoms with Crippen molar-refractivity contribution < 1.29 is 14.4 Å².